The van der Waals surface area contributed by atoms with Crippen LogP contribution in [0.1, 0.15) is 41.3 Å². The highest BCUT2D eigenvalue weighted by Gasteiger charge is 2.21. The molecule has 7 nitrogen and oxygen atoms in total. The summed E-state index contributed by atoms with van der Waals surface area (Å²) >= 11 is 6.56. The van der Waals surface area contributed by atoms with Crippen LogP contribution in [0, 0.1) is 12.8 Å². The Morgan fingerprint density at radius 3 is 2.47 bits per heavy atom. The first kappa shape index (κ1) is 23.9. The Hall–Kier alpha value is -3.23. The fourth-order valence-electron chi connectivity index (χ4n) is 3.75. The van der Waals surface area contributed by atoms with E-state index in [0.717, 1.165) is 12.0 Å². The van der Waals surface area contributed by atoms with Crippen molar-refractivity contribution < 1.29 is 13.2 Å². The van der Waals surface area contributed by atoms with Gasteiger partial charge in [0.25, 0.3) is 15.9 Å². The molecule has 0 saturated carbocycles. The number of aryl methyl sites for hydroxylation is 1. The summed E-state index contributed by atoms with van der Waals surface area (Å²) in [6.45, 7) is 6.59. The number of rotatable bonds is 7. The number of carbonyl (C=O) groups is 1. The van der Waals surface area contributed by atoms with Crippen molar-refractivity contribution >= 4 is 38.7 Å². The summed E-state index contributed by atoms with van der Waals surface area (Å²) in [7, 11) is -4.01. The number of benzene rings is 2. The summed E-state index contributed by atoms with van der Waals surface area (Å²) in [5, 5.41) is 0.655. The van der Waals surface area contributed by atoms with Crippen molar-refractivity contribution in [2.24, 2.45) is 5.92 Å². The van der Waals surface area contributed by atoms with Crippen LogP contribution in [0.4, 0.5) is 0 Å². The second kappa shape index (κ2) is 9.56. The van der Waals surface area contributed by atoms with Crippen LogP contribution in [-0.2, 0) is 23.0 Å². The lowest BCUT2D eigenvalue weighted by molar-refractivity contribution is 0.0977. The smallest absolute Gasteiger partial charge is 0.283 e. The molecule has 4 rings (SSSR count). The van der Waals surface area contributed by atoms with Gasteiger partial charge < -0.3 is 4.57 Å². The summed E-state index contributed by atoms with van der Waals surface area (Å²) in [5.41, 5.74) is 3.14. The molecule has 0 saturated heterocycles. The molecule has 0 spiro atoms. The van der Waals surface area contributed by atoms with Crippen molar-refractivity contribution in [2.75, 3.05) is 0 Å². The number of hydrogen-bond donors (Lipinski definition) is 1. The predicted molar refractivity (Wildman–Crippen MR) is 132 cm³/mol. The van der Waals surface area contributed by atoms with Gasteiger partial charge in [0.1, 0.15) is 17.0 Å². The summed E-state index contributed by atoms with van der Waals surface area (Å²) < 4.78 is 29.0. The lowest BCUT2D eigenvalue weighted by atomic mass is 10.0. The fraction of sp³-hybridized carbons (Fsp3) is 0.240. The Bertz CT molecular complexity index is 1460. The van der Waals surface area contributed by atoms with Crippen LogP contribution in [0.5, 0.6) is 0 Å². The Morgan fingerprint density at radius 2 is 1.79 bits per heavy atom. The molecule has 34 heavy (non-hydrogen) atoms. The van der Waals surface area contributed by atoms with E-state index < -0.39 is 15.9 Å². The molecule has 0 atom stereocenters. The van der Waals surface area contributed by atoms with Gasteiger partial charge in [-0.2, -0.15) is 0 Å². The second-order valence-electron chi connectivity index (χ2n) is 8.56. The molecule has 2 aromatic heterocycles. The number of carbonyl (C=O) groups excluding carboxylic acids is 1. The van der Waals surface area contributed by atoms with Gasteiger partial charge in [-0.15, -0.1) is 0 Å². The van der Waals surface area contributed by atoms with Crippen molar-refractivity contribution in [3.05, 3.63) is 88.3 Å². The molecule has 0 aliphatic carbocycles. The molecule has 2 heterocycles. The molecule has 1 amide bonds. The van der Waals surface area contributed by atoms with E-state index in [0.29, 0.717) is 34.5 Å². The molecule has 0 aliphatic heterocycles. The maximum absolute atomic E-state index is 12.7. The third kappa shape index (κ3) is 5.13. The molecule has 4 aromatic rings. The third-order valence-electron chi connectivity index (χ3n) is 5.39. The first-order chi connectivity index (χ1) is 16.1. The zero-order chi connectivity index (χ0) is 24.5. The van der Waals surface area contributed by atoms with E-state index in [9.17, 15) is 13.2 Å². The first-order valence-electron chi connectivity index (χ1n) is 10.9. The average molecular weight is 497 g/mol. The van der Waals surface area contributed by atoms with Gasteiger partial charge in [-0.1, -0.05) is 55.8 Å². The van der Waals surface area contributed by atoms with Gasteiger partial charge in [0, 0.05) is 5.02 Å². The molecule has 0 fully saturated rings. The van der Waals surface area contributed by atoms with Crippen LogP contribution in [0.25, 0.3) is 11.2 Å². The van der Waals surface area contributed by atoms with Gasteiger partial charge in [0.2, 0.25) is 0 Å². The molecule has 0 radical (unpaired) electrons. The molecule has 176 valence electrons. The maximum Gasteiger partial charge on any atom is 0.283 e. The summed E-state index contributed by atoms with van der Waals surface area (Å²) in [6.07, 6.45) is 0.943. The lowest BCUT2D eigenvalue weighted by Gasteiger charge is -2.11. The van der Waals surface area contributed by atoms with Crippen LogP contribution in [0.2, 0.25) is 5.02 Å². The van der Waals surface area contributed by atoms with Crippen LogP contribution in [0.3, 0.4) is 0 Å². The summed E-state index contributed by atoms with van der Waals surface area (Å²) in [4.78, 5) is 21.7. The maximum atomic E-state index is 12.7. The van der Waals surface area contributed by atoms with Crippen LogP contribution >= 0.6 is 11.6 Å². The van der Waals surface area contributed by atoms with Gasteiger partial charge in [-0.3, -0.25) is 4.79 Å². The van der Waals surface area contributed by atoms with E-state index in [1.165, 1.54) is 23.8 Å². The number of aromatic nitrogens is 3. The van der Waals surface area contributed by atoms with Gasteiger partial charge >= 0.3 is 0 Å². The molecular formula is C25H25ClN4O3S. The minimum atomic E-state index is -4.01. The van der Waals surface area contributed by atoms with Crippen molar-refractivity contribution in [3.63, 3.8) is 0 Å². The van der Waals surface area contributed by atoms with Crippen LogP contribution in [-0.4, -0.2) is 28.9 Å². The van der Waals surface area contributed by atoms with Gasteiger partial charge in [0.05, 0.1) is 11.4 Å². The monoisotopic (exact) mass is 496 g/mol. The van der Waals surface area contributed by atoms with Gasteiger partial charge in [-0.05, 0) is 60.7 Å². The van der Waals surface area contributed by atoms with E-state index >= 15 is 0 Å². The number of halogens is 1. The number of amides is 1. The van der Waals surface area contributed by atoms with E-state index in [4.69, 9.17) is 11.6 Å². The Labute approximate surface area is 203 Å². The normalized spacial score (nSPS) is 11.8. The molecule has 0 bridgehead atoms. The summed E-state index contributed by atoms with van der Waals surface area (Å²) in [5.74, 6) is 0.424. The topological polar surface area (TPSA) is 93.9 Å². The predicted octanol–water partition coefficient (Wildman–Crippen LogP) is 4.76. The van der Waals surface area contributed by atoms with E-state index in [2.05, 4.69) is 34.6 Å². The molecular weight excluding hydrogens is 472 g/mol. The van der Waals surface area contributed by atoms with E-state index in [1.54, 1.807) is 24.3 Å². The first-order valence-corrected chi connectivity index (χ1v) is 12.7. The Morgan fingerprint density at radius 1 is 1.06 bits per heavy atom. The molecule has 9 heteroatoms. The number of sulfonamides is 1. The highest BCUT2D eigenvalue weighted by atomic mass is 35.5. The van der Waals surface area contributed by atoms with E-state index in [1.807, 2.05) is 23.6 Å². The van der Waals surface area contributed by atoms with Crippen molar-refractivity contribution in [3.8, 4) is 0 Å². The lowest BCUT2D eigenvalue weighted by Crippen LogP contribution is -2.31. The molecule has 0 aliphatic rings. The van der Waals surface area contributed by atoms with Crippen LogP contribution in [0.15, 0.2) is 65.6 Å². The molecule has 2 aromatic carbocycles. The Balaban J connectivity index is 1.63. The van der Waals surface area contributed by atoms with Crippen molar-refractivity contribution in [1.29, 1.82) is 0 Å². The highest BCUT2D eigenvalue weighted by Crippen LogP contribution is 2.23. The van der Waals surface area contributed by atoms with E-state index in [-0.39, 0.29) is 10.6 Å². The zero-order valence-corrected chi connectivity index (χ0v) is 20.7. The van der Waals surface area contributed by atoms with Gasteiger partial charge in [-0.25, -0.2) is 23.1 Å². The van der Waals surface area contributed by atoms with Crippen LogP contribution < -0.4 is 4.72 Å². The average Bonchev–Trinajstić information content (AvgIpc) is 3.09. The number of fused-ring (bicyclic) bond motifs is 1. The highest BCUT2D eigenvalue weighted by molar-refractivity contribution is 7.90. The van der Waals surface area contributed by atoms with Crippen molar-refractivity contribution in [2.45, 2.75) is 38.6 Å². The van der Waals surface area contributed by atoms with Crippen molar-refractivity contribution in [1.82, 2.24) is 19.3 Å². The number of imidazole rings is 1. The molecule has 1 N–H and O–H groups in total. The minimum Gasteiger partial charge on any atom is -0.308 e. The van der Waals surface area contributed by atoms with Gasteiger partial charge in [0.15, 0.2) is 5.65 Å². The largest absolute Gasteiger partial charge is 0.308 e. The minimum absolute atomic E-state index is 0.000805. The SMILES string of the molecule is Cc1nc2ccc(C(=O)NS(=O)(=O)c3ccccc3)nc2n1Cc1ccc(CC(C)C)cc1Cl. The standard InChI is InChI=1S/C25H25ClN4O3S/c1-16(2)13-18-9-10-19(21(26)14-18)15-30-17(3)27-22-11-12-23(28-24(22)30)25(31)29-34(32,33)20-7-5-4-6-8-20/h4-12,14,16H,13,15H2,1-3H3,(H,29,31). The zero-order valence-electron chi connectivity index (χ0n) is 19.1. The quantitative estimate of drug-likeness (QED) is 0.398. The summed E-state index contributed by atoms with van der Waals surface area (Å²) in [6, 6.07) is 16.9. The third-order valence-corrected chi connectivity index (χ3v) is 7.08. The second-order valence-corrected chi connectivity index (χ2v) is 10.6. The number of hydrogen-bond acceptors (Lipinski definition) is 5. The number of pyridine rings is 1. The number of nitrogens with zero attached hydrogens (tertiary/aromatic N) is 3. The molecule has 0 unspecified atom stereocenters. The fourth-order valence-corrected chi connectivity index (χ4v) is 5.00. The number of nitrogens with one attached hydrogen (secondary N) is 1. The Kier molecular flexibility index (Phi) is 6.72.